The minimum atomic E-state index is -1.15. The van der Waals surface area contributed by atoms with Crippen LogP contribution in [0.3, 0.4) is 0 Å². The Morgan fingerprint density at radius 2 is 0.900 bits per heavy atom. The fourth-order valence-electron chi connectivity index (χ4n) is 3.46. The van der Waals surface area contributed by atoms with E-state index in [9.17, 15) is 17.6 Å². The molecule has 4 rings (SSSR count). The minimum absolute atomic E-state index is 0.0543. The maximum atomic E-state index is 14.7. The molecule has 30 heavy (non-hydrogen) atoms. The van der Waals surface area contributed by atoms with E-state index in [-0.39, 0.29) is 11.1 Å². The van der Waals surface area contributed by atoms with Gasteiger partial charge in [0.25, 0.3) is 0 Å². The van der Waals surface area contributed by atoms with Crippen molar-refractivity contribution in [1.82, 2.24) is 0 Å². The van der Waals surface area contributed by atoms with Crippen LogP contribution in [0.5, 0.6) is 0 Å². The second kappa shape index (κ2) is 8.15. The zero-order valence-electron chi connectivity index (χ0n) is 16.2. The topological polar surface area (TPSA) is 0 Å². The Bertz CT molecular complexity index is 1170. The van der Waals surface area contributed by atoms with Crippen LogP contribution in [0.15, 0.2) is 78.9 Å². The molecule has 0 saturated carbocycles. The van der Waals surface area contributed by atoms with Gasteiger partial charge in [0.05, 0.1) is 5.56 Å². The number of rotatable bonds is 4. The van der Waals surface area contributed by atoms with E-state index in [4.69, 9.17) is 0 Å². The van der Waals surface area contributed by atoms with Gasteiger partial charge in [0.15, 0.2) is 11.6 Å². The van der Waals surface area contributed by atoms with E-state index < -0.39 is 23.3 Å². The lowest BCUT2D eigenvalue weighted by Gasteiger charge is -2.10. The third-order valence-electron chi connectivity index (χ3n) is 5.16. The van der Waals surface area contributed by atoms with Gasteiger partial charge in [-0.2, -0.15) is 0 Å². The number of aryl methyl sites for hydroxylation is 1. The Morgan fingerprint density at radius 3 is 1.40 bits per heavy atom. The highest BCUT2D eigenvalue weighted by Gasteiger charge is 2.16. The van der Waals surface area contributed by atoms with E-state index in [0.29, 0.717) is 11.1 Å². The molecule has 0 amide bonds. The van der Waals surface area contributed by atoms with E-state index >= 15 is 0 Å². The quantitative estimate of drug-likeness (QED) is 0.303. The normalized spacial score (nSPS) is 11.0. The van der Waals surface area contributed by atoms with Crippen molar-refractivity contribution in [2.24, 2.45) is 0 Å². The van der Waals surface area contributed by atoms with Gasteiger partial charge in [0.2, 0.25) is 0 Å². The lowest BCUT2D eigenvalue weighted by atomic mass is 9.96. The van der Waals surface area contributed by atoms with Crippen molar-refractivity contribution in [3.63, 3.8) is 0 Å². The van der Waals surface area contributed by atoms with Gasteiger partial charge in [-0.05, 0) is 64.1 Å². The zero-order chi connectivity index (χ0) is 21.3. The van der Waals surface area contributed by atoms with Gasteiger partial charge < -0.3 is 0 Å². The maximum absolute atomic E-state index is 14.7. The highest BCUT2D eigenvalue weighted by molar-refractivity contribution is 5.74. The van der Waals surface area contributed by atoms with Crippen molar-refractivity contribution in [1.29, 1.82) is 0 Å². The van der Waals surface area contributed by atoms with Gasteiger partial charge in [0.1, 0.15) is 11.6 Å². The van der Waals surface area contributed by atoms with Gasteiger partial charge >= 0.3 is 0 Å². The van der Waals surface area contributed by atoms with Crippen LogP contribution < -0.4 is 0 Å². The Hall–Kier alpha value is -3.40. The standard InChI is InChI=1S/C26H18F4/c1-2-16-3-5-17(6-4-16)18-7-9-19(10-8-18)21-14-24(29)26(25(30)15-21)20-11-12-22(27)23(28)13-20/h3-15H,2H2,1H3. The van der Waals surface area contributed by atoms with Crippen molar-refractivity contribution < 1.29 is 17.6 Å². The zero-order valence-corrected chi connectivity index (χ0v) is 16.2. The van der Waals surface area contributed by atoms with E-state index in [0.717, 1.165) is 35.7 Å². The summed E-state index contributed by atoms with van der Waals surface area (Å²) in [5, 5.41) is 0. The largest absolute Gasteiger partial charge is 0.206 e. The summed E-state index contributed by atoms with van der Waals surface area (Å²) >= 11 is 0. The molecule has 0 saturated heterocycles. The van der Waals surface area contributed by atoms with Gasteiger partial charge in [-0.15, -0.1) is 0 Å². The third-order valence-corrected chi connectivity index (χ3v) is 5.16. The molecule has 0 fully saturated rings. The van der Waals surface area contributed by atoms with Crippen LogP contribution in [0, 0.1) is 23.3 Å². The van der Waals surface area contributed by atoms with Gasteiger partial charge in [-0.25, -0.2) is 17.6 Å². The highest BCUT2D eigenvalue weighted by atomic mass is 19.2. The molecule has 0 aliphatic carbocycles. The van der Waals surface area contributed by atoms with Gasteiger partial charge in [0, 0.05) is 0 Å². The molecule has 0 aliphatic rings. The molecular weight excluding hydrogens is 388 g/mol. The monoisotopic (exact) mass is 406 g/mol. The first kappa shape index (κ1) is 19.9. The van der Waals surface area contributed by atoms with Crippen LogP contribution in [-0.2, 0) is 6.42 Å². The van der Waals surface area contributed by atoms with Crippen molar-refractivity contribution >= 4 is 0 Å². The maximum Gasteiger partial charge on any atom is 0.159 e. The second-order valence-corrected chi connectivity index (χ2v) is 7.07. The molecule has 0 radical (unpaired) electrons. The predicted octanol–water partition coefficient (Wildman–Crippen LogP) is 7.81. The first-order valence-corrected chi connectivity index (χ1v) is 9.60. The molecule has 0 heterocycles. The molecule has 150 valence electrons. The van der Waals surface area contributed by atoms with E-state index in [1.165, 1.54) is 17.7 Å². The number of halogens is 4. The molecule has 0 nitrogen and oxygen atoms in total. The Morgan fingerprint density at radius 1 is 0.467 bits per heavy atom. The van der Waals surface area contributed by atoms with Crippen LogP contribution >= 0.6 is 0 Å². The lowest BCUT2D eigenvalue weighted by molar-refractivity contribution is 0.508. The highest BCUT2D eigenvalue weighted by Crippen LogP contribution is 2.32. The Labute approximate surface area is 172 Å². The summed E-state index contributed by atoms with van der Waals surface area (Å²) in [7, 11) is 0. The van der Waals surface area contributed by atoms with Gasteiger partial charge in [-0.3, -0.25) is 0 Å². The number of benzene rings is 4. The molecule has 0 bridgehead atoms. The van der Waals surface area contributed by atoms with Gasteiger partial charge in [-0.1, -0.05) is 61.5 Å². The molecule has 0 aliphatic heterocycles. The van der Waals surface area contributed by atoms with E-state index in [1.54, 1.807) is 12.1 Å². The fourth-order valence-corrected chi connectivity index (χ4v) is 3.46. The molecule has 0 spiro atoms. The summed E-state index contributed by atoms with van der Waals surface area (Å²) in [5.41, 5.74) is 3.89. The van der Waals surface area contributed by atoms with Crippen LogP contribution in [0.1, 0.15) is 12.5 Å². The van der Waals surface area contributed by atoms with E-state index in [2.05, 4.69) is 19.1 Å². The van der Waals surface area contributed by atoms with Crippen LogP contribution in [0.25, 0.3) is 33.4 Å². The molecule has 0 aromatic heterocycles. The van der Waals surface area contributed by atoms with Crippen LogP contribution in [-0.4, -0.2) is 0 Å². The average molecular weight is 406 g/mol. The summed E-state index contributed by atoms with van der Waals surface area (Å²) < 4.78 is 56.0. The molecule has 0 atom stereocenters. The Kier molecular flexibility index (Phi) is 5.40. The lowest BCUT2D eigenvalue weighted by Crippen LogP contribution is -1.94. The predicted molar refractivity (Wildman–Crippen MR) is 112 cm³/mol. The third kappa shape index (κ3) is 3.86. The summed E-state index contributed by atoms with van der Waals surface area (Å²) in [5.74, 6) is -3.90. The van der Waals surface area contributed by atoms with E-state index in [1.807, 2.05) is 24.3 Å². The molecule has 4 heteroatoms. The second-order valence-electron chi connectivity index (χ2n) is 7.07. The Balaban J connectivity index is 1.66. The summed E-state index contributed by atoms with van der Waals surface area (Å²) in [6.07, 6.45) is 0.969. The smallest absolute Gasteiger partial charge is 0.159 e. The molecule has 4 aromatic carbocycles. The van der Waals surface area contributed by atoms with Crippen molar-refractivity contribution in [2.75, 3.05) is 0 Å². The summed E-state index contributed by atoms with van der Waals surface area (Å²) in [4.78, 5) is 0. The molecule has 0 N–H and O–H groups in total. The van der Waals surface area contributed by atoms with Crippen molar-refractivity contribution in [3.8, 4) is 33.4 Å². The van der Waals surface area contributed by atoms with Crippen LogP contribution in [0.2, 0.25) is 0 Å². The average Bonchev–Trinajstić information content (AvgIpc) is 2.76. The molecule has 0 unspecified atom stereocenters. The first-order valence-electron chi connectivity index (χ1n) is 9.60. The van der Waals surface area contributed by atoms with Crippen molar-refractivity contribution in [3.05, 3.63) is 108 Å². The fraction of sp³-hybridized carbons (Fsp3) is 0.0769. The number of hydrogen-bond acceptors (Lipinski definition) is 0. The molecule has 4 aromatic rings. The number of hydrogen-bond donors (Lipinski definition) is 0. The van der Waals surface area contributed by atoms with Crippen LogP contribution in [0.4, 0.5) is 17.6 Å². The minimum Gasteiger partial charge on any atom is -0.206 e. The van der Waals surface area contributed by atoms with Crippen molar-refractivity contribution in [2.45, 2.75) is 13.3 Å². The summed E-state index contributed by atoms with van der Waals surface area (Å²) in [6.45, 7) is 2.10. The first-order chi connectivity index (χ1) is 14.5. The summed E-state index contributed by atoms with van der Waals surface area (Å²) in [6, 6.07) is 20.8. The SMILES string of the molecule is CCc1ccc(-c2ccc(-c3cc(F)c(-c4ccc(F)c(F)c4)c(F)c3)cc2)cc1. The molecular formula is C26H18F4.